The fourth-order valence-corrected chi connectivity index (χ4v) is 2.43. The van der Waals surface area contributed by atoms with Gasteiger partial charge in [0.15, 0.2) is 0 Å². The zero-order valence-electron chi connectivity index (χ0n) is 11.7. The fraction of sp³-hybridized carbons (Fsp3) is 0.769. The van der Waals surface area contributed by atoms with Crippen molar-refractivity contribution < 1.29 is 4.79 Å². The minimum absolute atomic E-state index is 0.124. The van der Waals surface area contributed by atoms with Gasteiger partial charge >= 0.3 is 0 Å². The van der Waals surface area contributed by atoms with Gasteiger partial charge < -0.3 is 15.2 Å². The van der Waals surface area contributed by atoms with E-state index >= 15 is 0 Å². The smallest absolute Gasteiger partial charge is 0.221 e. The Balaban J connectivity index is 1.70. The molecule has 1 unspecified atom stereocenters. The summed E-state index contributed by atoms with van der Waals surface area (Å²) in [4.78, 5) is 11.8. The molecule has 0 bridgehead atoms. The lowest BCUT2D eigenvalue weighted by atomic mass is 10.1. The van der Waals surface area contributed by atoms with Crippen LogP contribution in [0.15, 0.2) is 6.33 Å². The maximum absolute atomic E-state index is 11.8. The Morgan fingerprint density at radius 3 is 3.16 bits per heavy atom. The topological polar surface area (TPSA) is 71.8 Å². The normalized spacial score (nSPS) is 19.0. The van der Waals surface area contributed by atoms with Crippen LogP contribution in [0.2, 0.25) is 0 Å². The molecule has 1 aliphatic rings. The standard InChI is InChI=1S/C13H23N5O/c1-10(2)13-17-16-9-18(13)7-6-15-12(19)8-11-4-3-5-14-11/h9-11,14H,3-8H2,1-2H3,(H,15,19). The van der Waals surface area contributed by atoms with Crippen LogP contribution in [0, 0.1) is 0 Å². The monoisotopic (exact) mass is 265 g/mol. The first-order valence-electron chi connectivity index (χ1n) is 7.04. The highest BCUT2D eigenvalue weighted by molar-refractivity contribution is 5.76. The minimum atomic E-state index is 0.124. The van der Waals surface area contributed by atoms with E-state index in [1.165, 1.54) is 6.42 Å². The van der Waals surface area contributed by atoms with Gasteiger partial charge in [-0.15, -0.1) is 10.2 Å². The zero-order valence-corrected chi connectivity index (χ0v) is 11.7. The molecule has 1 aromatic heterocycles. The maximum atomic E-state index is 11.8. The molecule has 1 aliphatic heterocycles. The van der Waals surface area contributed by atoms with Crippen LogP contribution in [-0.4, -0.2) is 39.8 Å². The molecule has 6 heteroatoms. The van der Waals surface area contributed by atoms with Gasteiger partial charge in [0.05, 0.1) is 0 Å². The molecular formula is C13H23N5O. The Morgan fingerprint density at radius 1 is 1.63 bits per heavy atom. The molecule has 2 rings (SSSR count). The predicted molar refractivity (Wildman–Crippen MR) is 72.8 cm³/mol. The summed E-state index contributed by atoms with van der Waals surface area (Å²) >= 11 is 0. The molecule has 2 N–H and O–H groups in total. The number of carbonyl (C=O) groups is 1. The van der Waals surface area contributed by atoms with Crippen LogP contribution in [0.3, 0.4) is 0 Å². The Kier molecular flexibility index (Phi) is 4.90. The van der Waals surface area contributed by atoms with Crippen molar-refractivity contribution in [2.45, 2.75) is 51.6 Å². The van der Waals surface area contributed by atoms with E-state index < -0.39 is 0 Å². The van der Waals surface area contributed by atoms with E-state index in [1.807, 2.05) is 4.57 Å². The Morgan fingerprint density at radius 2 is 2.47 bits per heavy atom. The lowest BCUT2D eigenvalue weighted by molar-refractivity contribution is -0.121. The molecule has 0 radical (unpaired) electrons. The minimum Gasteiger partial charge on any atom is -0.354 e. The molecule has 2 heterocycles. The van der Waals surface area contributed by atoms with Gasteiger partial charge in [0.25, 0.3) is 0 Å². The summed E-state index contributed by atoms with van der Waals surface area (Å²) in [6.07, 6.45) is 4.59. The van der Waals surface area contributed by atoms with E-state index in [0.717, 1.165) is 25.3 Å². The summed E-state index contributed by atoms with van der Waals surface area (Å²) in [6.45, 7) is 6.57. The van der Waals surface area contributed by atoms with Gasteiger partial charge in [0, 0.05) is 31.5 Å². The van der Waals surface area contributed by atoms with Crippen molar-refractivity contribution in [3.63, 3.8) is 0 Å². The Hall–Kier alpha value is -1.43. The second-order valence-corrected chi connectivity index (χ2v) is 5.38. The molecule has 1 aromatic rings. The van der Waals surface area contributed by atoms with E-state index in [4.69, 9.17) is 0 Å². The molecule has 1 fully saturated rings. The van der Waals surface area contributed by atoms with Gasteiger partial charge in [-0.05, 0) is 19.4 Å². The van der Waals surface area contributed by atoms with Crippen molar-refractivity contribution in [2.75, 3.05) is 13.1 Å². The van der Waals surface area contributed by atoms with Crippen molar-refractivity contribution >= 4 is 5.91 Å². The highest BCUT2D eigenvalue weighted by atomic mass is 16.1. The average Bonchev–Trinajstić information content (AvgIpc) is 2.99. The van der Waals surface area contributed by atoms with Crippen molar-refractivity contribution in [2.24, 2.45) is 0 Å². The van der Waals surface area contributed by atoms with Crippen LogP contribution in [0.1, 0.15) is 44.9 Å². The van der Waals surface area contributed by atoms with Crippen LogP contribution in [0.25, 0.3) is 0 Å². The number of amides is 1. The molecule has 19 heavy (non-hydrogen) atoms. The van der Waals surface area contributed by atoms with Crippen molar-refractivity contribution in [3.8, 4) is 0 Å². The number of rotatable bonds is 6. The molecule has 0 aliphatic carbocycles. The number of hydrogen-bond donors (Lipinski definition) is 2. The third-order valence-electron chi connectivity index (χ3n) is 3.43. The number of nitrogens with one attached hydrogen (secondary N) is 2. The van der Waals surface area contributed by atoms with E-state index in [-0.39, 0.29) is 5.91 Å². The quantitative estimate of drug-likeness (QED) is 0.792. The van der Waals surface area contributed by atoms with Crippen LogP contribution in [0.4, 0.5) is 0 Å². The first kappa shape index (κ1) is 14.0. The van der Waals surface area contributed by atoms with Gasteiger partial charge in [-0.2, -0.15) is 0 Å². The molecule has 1 amide bonds. The predicted octanol–water partition coefficient (Wildman–Crippen LogP) is 0.660. The number of hydrogen-bond acceptors (Lipinski definition) is 4. The second-order valence-electron chi connectivity index (χ2n) is 5.38. The Labute approximate surface area is 114 Å². The zero-order chi connectivity index (χ0) is 13.7. The van der Waals surface area contributed by atoms with Gasteiger partial charge in [0.2, 0.25) is 5.91 Å². The first-order valence-corrected chi connectivity index (χ1v) is 7.04. The van der Waals surface area contributed by atoms with Crippen molar-refractivity contribution in [1.29, 1.82) is 0 Å². The molecule has 0 saturated carbocycles. The van der Waals surface area contributed by atoms with E-state index in [0.29, 0.717) is 24.9 Å². The summed E-state index contributed by atoms with van der Waals surface area (Å²) in [5.41, 5.74) is 0. The number of aromatic nitrogens is 3. The van der Waals surface area contributed by atoms with Crippen LogP contribution in [-0.2, 0) is 11.3 Å². The van der Waals surface area contributed by atoms with Crippen LogP contribution < -0.4 is 10.6 Å². The number of carbonyl (C=O) groups excluding carboxylic acids is 1. The first-order chi connectivity index (χ1) is 9.16. The average molecular weight is 265 g/mol. The molecular weight excluding hydrogens is 242 g/mol. The van der Waals surface area contributed by atoms with Crippen LogP contribution in [0.5, 0.6) is 0 Å². The summed E-state index contributed by atoms with van der Waals surface area (Å²) in [5, 5.41) is 14.3. The van der Waals surface area contributed by atoms with Crippen molar-refractivity contribution in [1.82, 2.24) is 25.4 Å². The third kappa shape index (κ3) is 4.02. The van der Waals surface area contributed by atoms with E-state index in [9.17, 15) is 4.79 Å². The fourth-order valence-electron chi connectivity index (χ4n) is 2.43. The third-order valence-corrected chi connectivity index (χ3v) is 3.43. The summed E-state index contributed by atoms with van der Waals surface area (Å²) in [5.74, 6) is 1.44. The molecule has 1 saturated heterocycles. The molecule has 1 atom stereocenters. The molecule has 6 nitrogen and oxygen atoms in total. The molecule has 106 valence electrons. The van der Waals surface area contributed by atoms with Gasteiger partial charge in [-0.3, -0.25) is 4.79 Å². The Bertz CT molecular complexity index is 409. The van der Waals surface area contributed by atoms with Gasteiger partial charge in [-0.1, -0.05) is 13.8 Å². The number of nitrogens with zero attached hydrogens (tertiary/aromatic N) is 3. The lowest BCUT2D eigenvalue weighted by Gasteiger charge is -2.12. The molecule has 0 aromatic carbocycles. The van der Waals surface area contributed by atoms with E-state index in [2.05, 4.69) is 34.7 Å². The molecule has 0 spiro atoms. The van der Waals surface area contributed by atoms with Gasteiger partial charge in [0.1, 0.15) is 12.2 Å². The summed E-state index contributed by atoms with van der Waals surface area (Å²) in [7, 11) is 0. The maximum Gasteiger partial charge on any atom is 0.221 e. The second kappa shape index (κ2) is 6.65. The largest absolute Gasteiger partial charge is 0.354 e. The summed E-state index contributed by atoms with van der Waals surface area (Å²) < 4.78 is 2.00. The summed E-state index contributed by atoms with van der Waals surface area (Å²) in [6, 6.07) is 0.362. The van der Waals surface area contributed by atoms with Gasteiger partial charge in [-0.25, -0.2) is 0 Å². The lowest BCUT2D eigenvalue weighted by Crippen LogP contribution is -2.33. The SMILES string of the molecule is CC(C)c1nncn1CCNC(=O)CC1CCCN1. The highest BCUT2D eigenvalue weighted by Crippen LogP contribution is 2.10. The highest BCUT2D eigenvalue weighted by Gasteiger charge is 2.17. The van der Waals surface area contributed by atoms with Crippen LogP contribution >= 0.6 is 0 Å². The van der Waals surface area contributed by atoms with E-state index in [1.54, 1.807) is 6.33 Å². The van der Waals surface area contributed by atoms with Crippen molar-refractivity contribution in [3.05, 3.63) is 12.2 Å².